The first kappa shape index (κ1) is 15.7. The Kier molecular flexibility index (Phi) is 5.11. The SMILES string of the molecule is COCC(O)CNC(=O)c1cc(C)n(-c2nccs2)c1C. The fraction of sp³-hybridized carbons (Fsp3) is 0.429. The molecule has 0 saturated carbocycles. The minimum absolute atomic E-state index is 0.160. The number of rotatable bonds is 6. The van der Waals surface area contributed by atoms with Crippen molar-refractivity contribution in [3.63, 3.8) is 0 Å². The molecule has 0 fully saturated rings. The fourth-order valence-corrected chi connectivity index (χ4v) is 2.92. The molecular formula is C14H19N3O3S. The van der Waals surface area contributed by atoms with Crippen LogP contribution in [0.25, 0.3) is 5.13 Å². The van der Waals surface area contributed by atoms with Gasteiger partial charge in [-0.1, -0.05) is 0 Å². The maximum Gasteiger partial charge on any atom is 0.253 e. The molecule has 6 nitrogen and oxygen atoms in total. The summed E-state index contributed by atoms with van der Waals surface area (Å²) in [7, 11) is 1.51. The van der Waals surface area contributed by atoms with Gasteiger partial charge in [-0.25, -0.2) is 4.98 Å². The number of carbonyl (C=O) groups excluding carboxylic acids is 1. The molecular weight excluding hydrogens is 290 g/mol. The first-order valence-corrected chi connectivity index (χ1v) is 7.46. The fourth-order valence-electron chi connectivity index (χ4n) is 2.17. The molecule has 0 aromatic carbocycles. The zero-order valence-electron chi connectivity index (χ0n) is 12.3. The third-order valence-corrected chi connectivity index (χ3v) is 3.90. The van der Waals surface area contributed by atoms with Crippen molar-refractivity contribution >= 4 is 17.2 Å². The van der Waals surface area contributed by atoms with Crippen molar-refractivity contribution in [2.24, 2.45) is 0 Å². The van der Waals surface area contributed by atoms with Gasteiger partial charge < -0.3 is 15.2 Å². The van der Waals surface area contributed by atoms with Crippen molar-refractivity contribution in [3.8, 4) is 5.13 Å². The van der Waals surface area contributed by atoms with Gasteiger partial charge in [0.1, 0.15) is 0 Å². The van der Waals surface area contributed by atoms with Crippen LogP contribution < -0.4 is 5.32 Å². The Balaban J connectivity index is 2.14. The van der Waals surface area contributed by atoms with Crippen LogP contribution in [0.2, 0.25) is 0 Å². The van der Waals surface area contributed by atoms with E-state index in [1.54, 1.807) is 6.20 Å². The zero-order chi connectivity index (χ0) is 15.4. The maximum absolute atomic E-state index is 12.2. The topological polar surface area (TPSA) is 76.4 Å². The summed E-state index contributed by atoms with van der Waals surface area (Å²) in [5.74, 6) is -0.207. The van der Waals surface area contributed by atoms with Gasteiger partial charge in [0.2, 0.25) is 0 Å². The van der Waals surface area contributed by atoms with E-state index < -0.39 is 6.10 Å². The van der Waals surface area contributed by atoms with Gasteiger partial charge >= 0.3 is 0 Å². The van der Waals surface area contributed by atoms with Gasteiger partial charge in [0, 0.05) is 36.6 Å². The lowest BCUT2D eigenvalue weighted by Crippen LogP contribution is -2.34. The molecule has 21 heavy (non-hydrogen) atoms. The summed E-state index contributed by atoms with van der Waals surface area (Å²) in [5.41, 5.74) is 2.37. The molecule has 2 N–H and O–H groups in total. The van der Waals surface area contributed by atoms with Gasteiger partial charge in [0.25, 0.3) is 5.91 Å². The quantitative estimate of drug-likeness (QED) is 0.843. The summed E-state index contributed by atoms with van der Waals surface area (Å²) in [4.78, 5) is 16.5. The van der Waals surface area contributed by atoms with Crippen LogP contribution in [-0.4, -0.2) is 46.9 Å². The Morgan fingerprint density at radius 1 is 1.57 bits per heavy atom. The number of aliphatic hydroxyl groups excluding tert-OH is 1. The van der Waals surface area contributed by atoms with E-state index in [4.69, 9.17) is 4.74 Å². The van der Waals surface area contributed by atoms with Gasteiger partial charge in [-0.05, 0) is 19.9 Å². The Hall–Kier alpha value is -1.70. The number of aliphatic hydroxyl groups is 1. The van der Waals surface area contributed by atoms with Gasteiger partial charge in [0.15, 0.2) is 5.13 Å². The average molecular weight is 309 g/mol. The second-order valence-corrected chi connectivity index (χ2v) is 5.63. The van der Waals surface area contributed by atoms with Crippen LogP contribution in [0.1, 0.15) is 21.7 Å². The molecule has 7 heteroatoms. The molecule has 0 spiro atoms. The first-order valence-electron chi connectivity index (χ1n) is 6.58. The summed E-state index contributed by atoms with van der Waals surface area (Å²) in [6.07, 6.45) is 1.03. The number of aryl methyl sites for hydroxylation is 1. The molecule has 2 rings (SSSR count). The first-order chi connectivity index (χ1) is 10.0. The normalized spacial score (nSPS) is 12.4. The molecule has 0 aliphatic heterocycles. The summed E-state index contributed by atoms with van der Waals surface area (Å²) in [6, 6.07) is 1.83. The number of thiazole rings is 1. The highest BCUT2D eigenvalue weighted by Gasteiger charge is 2.18. The number of hydrogen-bond acceptors (Lipinski definition) is 5. The zero-order valence-corrected chi connectivity index (χ0v) is 13.1. The monoisotopic (exact) mass is 309 g/mol. The van der Waals surface area contributed by atoms with E-state index in [1.807, 2.05) is 29.9 Å². The van der Waals surface area contributed by atoms with Crippen molar-refractivity contribution in [1.82, 2.24) is 14.9 Å². The van der Waals surface area contributed by atoms with Crippen LogP contribution in [0.15, 0.2) is 17.6 Å². The lowest BCUT2D eigenvalue weighted by Gasteiger charge is -2.11. The molecule has 0 radical (unpaired) electrons. The molecule has 0 aliphatic carbocycles. The minimum Gasteiger partial charge on any atom is -0.389 e. The van der Waals surface area contributed by atoms with Crippen LogP contribution in [0.4, 0.5) is 0 Å². The number of aromatic nitrogens is 2. The highest BCUT2D eigenvalue weighted by molar-refractivity contribution is 7.12. The van der Waals surface area contributed by atoms with E-state index in [0.29, 0.717) is 5.56 Å². The Morgan fingerprint density at radius 3 is 2.95 bits per heavy atom. The van der Waals surface area contributed by atoms with Gasteiger partial charge in [-0.3, -0.25) is 9.36 Å². The van der Waals surface area contributed by atoms with Crippen molar-refractivity contribution in [2.45, 2.75) is 20.0 Å². The molecule has 0 saturated heterocycles. The largest absolute Gasteiger partial charge is 0.389 e. The van der Waals surface area contributed by atoms with Crippen LogP contribution in [0.5, 0.6) is 0 Å². The van der Waals surface area contributed by atoms with E-state index in [-0.39, 0.29) is 19.1 Å². The Labute approximate surface area is 127 Å². The smallest absolute Gasteiger partial charge is 0.253 e. The number of methoxy groups -OCH3 is 1. The second-order valence-electron chi connectivity index (χ2n) is 4.75. The lowest BCUT2D eigenvalue weighted by molar-refractivity contribution is 0.0609. The van der Waals surface area contributed by atoms with Crippen molar-refractivity contribution in [3.05, 3.63) is 34.6 Å². The van der Waals surface area contributed by atoms with Crippen LogP contribution in [-0.2, 0) is 4.74 Å². The lowest BCUT2D eigenvalue weighted by atomic mass is 10.2. The Morgan fingerprint density at radius 2 is 2.33 bits per heavy atom. The number of nitrogens with one attached hydrogen (secondary N) is 1. The molecule has 114 valence electrons. The minimum atomic E-state index is -0.707. The number of nitrogens with zero attached hydrogens (tertiary/aromatic N) is 2. The second kappa shape index (κ2) is 6.84. The molecule has 1 amide bonds. The number of carbonyl (C=O) groups is 1. The highest BCUT2D eigenvalue weighted by Crippen LogP contribution is 2.22. The van der Waals surface area contributed by atoms with E-state index in [0.717, 1.165) is 16.5 Å². The van der Waals surface area contributed by atoms with Crippen LogP contribution in [0.3, 0.4) is 0 Å². The number of ether oxygens (including phenoxy) is 1. The van der Waals surface area contributed by atoms with Crippen molar-refractivity contribution < 1.29 is 14.6 Å². The predicted octanol–water partition coefficient (Wildman–Crippen LogP) is 1.29. The third-order valence-electron chi connectivity index (χ3n) is 3.14. The van der Waals surface area contributed by atoms with E-state index in [1.165, 1.54) is 18.4 Å². The number of hydrogen-bond donors (Lipinski definition) is 2. The van der Waals surface area contributed by atoms with Crippen LogP contribution >= 0.6 is 11.3 Å². The molecule has 0 bridgehead atoms. The molecule has 2 aromatic rings. The highest BCUT2D eigenvalue weighted by atomic mass is 32.1. The molecule has 2 heterocycles. The molecule has 2 aromatic heterocycles. The van der Waals surface area contributed by atoms with Gasteiger partial charge in [0.05, 0.1) is 18.3 Å². The maximum atomic E-state index is 12.2. The van der Waals surface area contributed by atoms with Crippen molar-refractivity contribution in [2.75, 3.05) is 20.3 Å². The summed E-state index contributed by atoms with van der Waals surface area (Å²) in [5, 5.41) is 15.0. The molecule has 0 aliphatic rings. The van der Waals surface area contributed by atoms with E-state index in [2.05, 4.69) is 10.3 Å². The summed E-state index contributed by atoms with van der Waals surface area (Å²) in [6.45, 7) is 4.17. The van der Waals surface area contributed by atoms with Crippen molar-refractivity contribution in [1.29, 1.82) is 0 Å². The van der Waals surface area contributed by atoms with Gasteiger partial charge in [-0.15, -0.1) is 11.3 Å². The van der Waals surface area contributed by atoms with E-state index >= 15 is 0 Å². The average Bonchev–Trinajstić information content (AvgIpc) is 3.04. The predicted molar refractivity (Wildman–Crippen MR) is 81.1 cm³/mol. The summed E-state index contributed by atoms with van der Waals surface area (Å²) < 4.78 is 6.77. The van der Waals surface area contributed by atoms with E-state index in [9.17, 15) is 9.90 Å². The molecule has 1 atom stereocenters. The summed E-state index contributed by atoms with van der Waals surface area (Å²) >= 11 is 1.52. The molecule has 1 unspecified atom stereocenters. The number of amides is 1. The van der Waals surface area contributed by atoms with Gasteiger partial charge in [-0.2, -0.15) is 0 Å². The third kappa shape index (κ3) is 3.49. The Bertz CT molecular complexity index is 607. The standard InChI is InChI=1S/C14H19N3O3S/c1-9-6-12(13(19)16-7-11(18)8-20-3)10(2)17(9)14-15-4-5-21-14/h4-6,11,18H,7-8H2,1-3H3,(H,16,19). The van der Waals surface area contributed by atoms with Crippen LogP contribution in [0, 0.1) is 13.8 Å².